The van der Waals surface area contributed by atoms with Gasteiger partial charge in [-0.2, -0.15) is 0 Å². The van der Waals surface area contributed by atoms with Gasteiger partial charge in [0.15, 0.2) is 0 Å². The number of benzene rings is 2. The van der Waals surface area contributed by atoms with Crippen molar-refractivity contribution in [2.45, 2.75) is 6.54 Å². The Balaban J connectivity index is 2.51. The van der Waals surface area contributed by atoms with Crippen LogP contribution in [-0.2, 0) is 6.54 Å². The lowest BCUT2D eigenvalue weighted by Crippen LogP contribution is -2.06. The van der Waals surface area contributed by atoms with E-state index in [4.69, 9.17) is 11.6 Å². The van der Waals surface area contributed by atoms with Crippen LogP contribution in [0.25, 0.3) is 11.1 Å². The third kappa shape index (κ3) is 2.84. The van der Waals surface area contributed by atoms with Crippen molar-refractivity contribution in [2.24, 2.45) is 0 Å². The third-order valence-electron chi connectivity index (χ3n) is 2.56. The Morgan fingerprint density at radius 2 is 1.94 bits per heavy atom. The summed E-state index contributed by atoms with van der Waals surface area (Å²) in [7, 11) is 1.88. The summed E-state index contributed by atoms with van der Waals surface area (Å²) in [5.41, 5.74) is 2.93. The quantitative estimate of drug-likeness (QED) is 0.871. The molecule has 0 aliphatic rings. The first-order chi connectivity index (χ1) is 8.20. The molecule has 88 valence electrons. The molecule has 0 saturated carbocycles. The monoisotopic (exact) mass is 249 g/mol. The van der Waals surface area contributed by atoms with Gasteiger partial charge in [-0.25, -0.2) is 4.39 Å². The molecule has 0 aliphatic heterocycles. The second kappa shape index (κ2) is 5.30. The minimum absolute atomic E-state index is 0.313. The van der Waals surface area contributed by atoms with Crippen molar-refractivity contribution in [3.05, 3.63) is 58.9 Å². The van der Waals surface area contributed by atoms with Gasteiger partial charge in [0.25, 0.3) is 0 Å². The van der Waals surface area contributed by atoms with Gasteiger partial charge in [-0.15, -0.1) is 0 Å². The Labute approximate surface area is 105 Å². The second-order valence-electron chi connectivity index (χ2n) is 3.85. The molecule has 0 aromatic heterocycles. The lowest BCUT2D eigenvalue weighted by Gasteiger charge is -2.09. The zero-order valence-corrected chi connectivity index (χ0v) is 10.3. The summed E-state index contributed by atoms with van der Waals surface area (Å²) in [5, 5.41) is 3.51. The first-order valence-electron chi connectivity index (χ1n) is 5.39. The molecule has 0 radical (unpaired) electrons. The van der Waals surface area contributed by atoms with E-state index < -0.39 is 0 Å². The molecule has 2 aromatic carbocycles. The van der Waals surface area contributed by atoms with E-state index in [0.717, 1.165) is 23.2 Å². The standard InChI is InChI=1S/C14H13ClFN/c1-17-9-10-4-2-3-5-14(10)11-6-12(15)8-13(16)7-11/h2-8,17H,9H2,1H3. The maximum absolute atomic E-state index is 13.3. The molecule has 2 aromatic rings. The molecule has 1 N–H and O–H groups in total. The molecule has 0 saturated heterocycles. The van der Waals surface area contributed by atoms with Gasteiger partial charge in [-0.3, -0.25) is 0 Å². The predicted molar refractivity (Wildman–Crippen MR) is 69.6 cm³/mol. The minimum Gasteiger partial charge on any atom is -0.316 e. The van der Waals surface area contributed by atoms with Crippen LogP contribution in [-0.4, -0.2) is 7.05 Å². The van der Waals surface area contributed by atoms with Crippen molar-refractivity contribution in [1.82, 2.24) is 5.32 Å². The summed E-state index contributed by atoms with van der Waals surface area (Å²) in [6.07, 6.45) is 0. The van der Waals surface area contributed by atoms with E-state index in [0.29, 0.717) is 5.02 Å². The van der Waals surface area contributed by atoms with Crippen molar-refractivity contribution < 1.29 is 4.39 Å². The van der Waals surface area contributed by atoms with E-state index in [2.05, 4.69) is 5.32 Å². The highest BCUT2D eigenvalue weighted by atomic mass is 35.5. The molecule has 0 amide bonds. The first kappa shape index (κ1) is 12.1. The van der Waals surface area contributed by atoms with Crippen LogP contribution in [0.3, 0.4) is 0 Å². The summed E-state index contributed by atoms with van der Waals surface area (Å²) in [5.74, 6) is -0.313. The summed E-state index contributed by atoms with van der Waals surface area (Å²) in [4.78, 5) is 0. The van der Waals surface area contributed by atoms with Gasteiger partial charge in [0.1, 0.15) is 5.82 Å². The van der Waals surface area contributed by atoms with Gasteiger partial charge < -0.3 is 5.32 Å². The molecule has 0 bridgehead atoms. The Hall–Kier alpha value is -1.38. The molecule has 1 nitrogen and oxygen atoms in total. The molecule has 3 heteroatoms. The Morgan fingerprint density at radius 1 is 1.18 bits per heavy atom. The van der Waals surface area contributed by atoms with Gasteiger partial charge in [-0.05, 0) is 41.9 Å². The average molecular weight is 250 g/mol. The van der Waals surface area contributed by atoms with Crippen LogP contribution >= 0.6 is 11.6 Å². The fraction of sp³-hybridized carbons (Fsp3) is 0.143. The van der Waals surface area contributed by atoms with Crippen LogP contribution in [0.2, 0.25) is 5.02 Å². The molecule has 17 heavy (non-hydrogen) atoms. The van der Waals surface area contributed by atoms with E-state index in [1.54, 1.807) is 6.07 Å². The third-order valence-corrected chi connectivity index (χ3v) is 2.78. The zero-order chi connectivity index (χ0) is 12.3. The molecular formula is C14H13ClFN. The van der Waals surface area contributed by atoms with Crippen molar-refractivity contribution in [1.29, 1.82) is 0 Å². The molecular weight excluding hydrogens is 237 g/mol. The van der Waals surface area contributed by atoms with Crippen LogP contribution in [0.5, 0.6) is 0 Å². The summed E-state index contributed by atoms with van der Waals surface area (Å²) in [6.45, 7) is 0.740. The Morgan fingerprint density at radius 3 is 2.65 bits per heavy atom. The van der Waals surface area contributed by atoms with E-state index in [-0.39, 0.29) is 5.82 Å². The van der Waals surface area contributed by atoms with Gasteiger partial charge in [0.2, 0.25) is 0 Å². The molecule has 2 rings (SSSR count). The van der Waals surface area contributed by atoms with E-state index in [1.165, 1.54) is 12.1 Å². The highest BCUT2D eigenvalue weighted by Crippen LogP contribution is 2.27. The maximum atomic E-state index is 13.3. The minimum atomic E-state index is -0.313. The number of hydrogen-bond acceptors (Lipinski definition) is 1. The van der Waals surface area contributed by atoms with Crippen LogP contribution < -0.4 is 5.32 Å². The number of hydrogen-bond donors (Lipinski definition) is 1. The fourth-order valence-electron chi connectivity index (χ4n) is 1.86. The van der Waals surface area contributed by atoms with Crippen molar-refractivity contribution in [2.75, 3.05) is 7.05 Å². The molecule has 0 aliphatic carbocycles. The molecule has 0 unspecified atom stereocenters. The predicted octanol–water partition coefficient (Wildman–Crippen LogP) is 3.87. The fourth-order valence-corrected chi connectivity index (χ4v) is 2.08. The maximum Gasteiger partial charge on any atom is 0.125 e. The first-order valence-corrected chi connectivity index (χ1v) is 5.77. The Kier molecular flexibility index (Phi) is 3.77. The summed E-state index contributed by atoms with van der Waals surface area (Å²) in [6, 6.07) is 12.5. The van der Waals surface area contributed by atoms with E-state index >= 15 is 0 Å². The number of nitrogens with one attached hydrogen (secondary N) is 1. The largest absolute Gasteiger partial charge is 0.316 e. The lowest BCUT2D eigenvalue weighted by molar-refractivity contribution is 0.628. The molecule has 0 atom stereocenters. The lowest BCUT2D eigenvalue weighted by atomic mass is 9.99. The van der Waals surface area contributed by atoms with E-state index in [9.17, 15) is 4.39 Å². The smallest absolute Gasteiger partial charge is 0.125 e. The highest BCUT2D eigenvalue weighted by molar-refractivity contribution is 6.30. The molecule has 0 fully saturated rings. The van der Waals surface area contributed by atoms with Gasteiger partial charge in [-0.1, -0.05) is 35.9 Å². The topological polar surface area (TPSA) is 12.0 Å². The van der Waals surface area contributed by atoms with E-state index in [1.807, 2.05) is 31.3 Å². The van der Waals surface area contributed by atoms with Crippen LogP contribution in [0.1, 0.15) is 5.56 Å². The number of rotatable bonds is 3. The summed E-state index contributed by atoms with van der Waals surface area (Å²) < 4.78 is 13.3. The number of halogens is 2. The average Bonchev–Trinajstić information content (AvgIpc) is 2.29. The summed E-state index contributed by atoms with van der Waals surface area (Å²) >= 11 is 5.87. The highest BCUT2D eigenvalue weighted by Gasteiger charge is 2.06. The Bertz CT molecular complexity index is 505. The van der Waals surface area contributed by atoms with Crippen molar-refractivity contribution >= 4 is 11.6 Å². The normalized spacial score (nSPS) is 10.5. The van der Waals surface area contributed by atoms with Crippen LogP contribution in [0.4, 0.5) is 4.39 Å². The van der Waals surface area contributed by atoms with Crippen LogP contribution in [0, 0.1) is 5.82 Å². The second-order valence-corrected chi connectivity index (χ2v) is 4.28. The van der Waals surface area contributed by atoms with Crippen molar-refractivity contribution in [3.8, 4) is 11.1 Å². The SMILES string of the molecule is CNCc1ccccc1-c1cc(F)cc(Cl)c1. The zero-order valence-electron chi connectivity index (χ0n) is 9.50. The van der Waals surface area contributed by atoms with Gasteiger partial charge in [0, 0.05) is 11.6 Å². The van der Waals surface area contributed by atoms with Gasteiger partial charge >= 0.3 is 0 Å². The molecule has 0 spiro atoms. The van der Waals surface area contributed by atoms with Gasteiger partial charge in [0.05, 0.1) is 0 Å². The van der Waals surface area contributed by atoms with Crippen LogP contribution in [0.15, 0.2) is 42.5 Å². The van der Waals surface area contributed by atoms with Crippen molar-refractivity contribution in [3.63, 3.8) is 0 Å². The molecule has 0 heterocycles.